The Morgan fingerprint density at radius 1 is 0.860 bits per heavy atom. The summed E-state index contributed by atoms with van der Waals surface area (Å²) in [4.78, 5) is 5.14. The van der Waals surface area contributed by atoms with E-state index in [4.69, 9.17) is 26.1 Å². The number of rotatable bonds is 16. The van der Waals surface area contributed by atoms with Crippen molar-refractivity contribution < 1.29 is 19.7 Å². The van der Waals surface area contributed by atoms with Crippen molar-refractivity contribution in [2.24, 2.45) is 58.3 Å². The lowest BCUT2D eigenvalue weighted by Crippen LogP contribution is -2.56. The highest BCUT2D eigenvalue weighted by Gasteiger charge is 2.53. The normalized spacial score (nSPS) is 39.8. The van der Waals surface area contributed by atoms with Crippen LogP contribution in [0.3, 0.4) is 0 Å². The predicted molar refractivity (Wildman–Crippen MR) is 230 cm³/mol. The van der Waals surface area contributed by atoms with Gasteiger partial charge in [0.15, 0.2) is 0 Å². The maximum Gasteiger partial charge on any atom is 0.212 e. The van der Waals surface area contributed by atoms with Crippen molar-refractivity contribution in [3.05, 3.63) is 59.0 Å². The van der Waals surface area contributed by atoms with Crippen molar-refractivity contribution in [2.75, 3.05) is 13.2 Å². The molecular formula is C48H73ClN4O4. The molecule has 6 aliphatic carbocycles. The highest BCUT2D eigenvalue weighted by atomic mass is 35.5. The summed E-state index contributed by atoms with van der Waals surface area (Å²) in [7, 11) is 0. The zero-order valence-corrected chi connectivity index (χ0v) is 35.5. The molecule has 5 N–H and O–H groups in total. The van der Waals surface area contributed by atoms with Crippen LogP contribution in [0.15, 0.2) is 64.0 Å². The average Bonchev–Trinajstić information content (AvgIpc) is 3.22. The number of nitrogens with zero attached hydrogens (tertiary/aromatic N) is 1. The zero-order valence-electron chi connectivity index (χ0n) is 34.7. The SMILES string of the molecule is CCCCCCOC1=NC(C2CCCCC2O)NC(C2CC=C3C(CCCCCCOC4C=C(Cl)NC(C5C=CCCC5O)N4)CC4C=CCC5CCC2C3C45)=C1. The van der Waals surface area contributed by atoms with E-state index in [0.29, 0.717) is 41.4 Å². The molecule has 14 unspecified atom stereocenters. The molecule has 316 valence electrons. The standard InChI is InChI=1S/C48H73ClN4O4/c1-2-3-4-12-26-56-43-29-39(50-47(52-43)37-18-8-10-20-40(37)54)35-25-24-34-32(28-33-17-14-16-31-22-23-36(35)46(34)45(31)33)15-7-5-6-13-27-57-44-30-42(49)51-48(53-44)38-19-9-11-21-41(38)55/h9,14,17,19,24,29-33,35-38,40-41,44-48,50-51,53-55H,2-8,10-13,15-16,18,20-23,25-28H2,1H3. The summed E-state index contributed by atoms with van der Waals surface area (Å²) < 4.78 is 12.7. The fourth-order valence-electron chi connectivity index (χ4n) is 12.5. The lowest BCUT2D eigenvalue weighted by atomic mass is 9.47. The molecule has 3 fully saturated rings. The van der Waals surface area contributed by atoms with Gasteiger partial charge in [0.2, 0.25) is 5.90 Å². The van der Waals surface area contributed by atoms with Crippen molar-refractivity contribution in [2.45, 2.75) is 166 Å². The van der Waals surface area contributed by atoms with Gasteiger partial charge < -0.3 is 30.3 Å². The summed E-state index contributed by atoms with van der Waals surface area (Å²) >= 11 is 6.45. The second-order valence-corrected chi connectivity index (χ2v) is 19.3. The Labute approximate surface area is 348 Å². The summed E-state index contributed by atoms with van der Waals surface area (Å²) in [5.74, 6) is 5.71. The van der Waals surface area contributed by atoms with Gasteiger partial charge >= 0.3 is 0 Å². The molecule has 2 aliphatic heterocycles. The summed E-state index contributed by atoms with van der Waals surface area (Å²) in [6.45, 7) is 3.68. The third-order valence-electron chi connectivity index (χ3n) is 15.3. The molecule has 0 radical (unpaired) electrons. The molecule has 0 amide bonds. The van der Waals surface area contributed by atoms with Crippen LogP contribution in [-0.4, -0.2) is 60.1 Å². The lowest BCUT2D eigenvalue weighted by Gasteiger charge is -2.57. The molecular weight excluding hydrogens is 732 g/mol. The van der Waals surface area contributed by atoms with Gasteiger partial charge in [0, 0.05) is 36.1 Å². The minimum absolute atomic E-state index is 0.0205. The average molecular weight is 806 g/mol. The van der Waals surface area contributed by atoms with Crippen molar-refractivity contribution >= 4 is 17.5 Å². The van der Waals surface area contributed by atoms with Crippen molar-refractivity contribution in [3.63, 3.8) is 0 Å². The Balaban J connectivity index is 0.883. The number of ether oxygens (including phenoxy) is 2. The first-order valence-corrected chi connectivity index (χ1v) is 23.9. The van der Waals surface area contributed by atoms with Gasteiger partial charge in [0.25, 0.3) is 0 Å². The Hall–Kier alpha value is -2.10. The smallest absolute Gasteiger partial charge is 0.212 e. The molecule has 8 nitrogen and oxygen atoms in total. The van der Waals surface area contributed by atoms with Crippen LogP contribution in [0.4, 0.5) is 0 Å². The lowest BCUT2D eigenvalue weighted by molar-refractivity contribution is 0.00634. The molecule has 8 rings (SSSR count). The number of allylic oxidation sites excluding steroid dienone is 6. The van der Waals surface area contributed by atoms with Crippen LogP contribution in [0.5, 0.6) is 0 Å². The molecule has 0 saturated heterocycles. The summed E-state index contributed by atoms with van der Waals surface area (Å²) in [5, 5.41) is 33.0. The van der Waals surface area contributed by atoms with Gasteiger partial charge in [-0.15, -0.1) is 0 Å². The van der Waals surface area contributed by atoms with Gasteiger partial charge in [0.05, 0.1) is 25.0 Å². The summed E-state index contributed by atoms with van der Waals surface area (Å²) in [5.41, 5.74) is 3.14. The first kappa shape index (κ1) is 41.6. The number of unbranched alkanes of at least 4 members (excludes halogenated alkanes) is 6. The molecule has 0 aromatic carbocycles. The molecule has 0 aromatic heterocycles. The maximum atomic E-state index is 11.1. The number of aliphatic hydroxyl groups is 2. The molecule has 8 aliphatic rings. The van der Waals surface area contributed by atoms with Crippen LogP contribution in [0.1, 0.15) is 135 Å². The second kappa shape index (κ2) is 20.0. The topological polar surface area (TPSA) is 107 Å². The van der Waals surface area contributed by atoms with E-state index in [1.54, 1.807) is 0 Å². The van der Waals surface area contributed by atoms with Gasteiger partial charge in [-0.2, -0.15) is 0 Å². The third kappa shape index (κ3) is 9.93. The van der Waals surface area contributed by atoms with E-state index < -0.39 is 0 Å². The number of aliphatic hydroxyl groups excluding tert-OH is 2. The van der Waals surface area contributed by atoms with Crippen molar-refractivity contribution in [1.29, 1.82) is 0 Å². The van der Waals surface area contributed by atoms with Crippen LogP contribution >= 0.6 is 11.6 Å². The number of nitrogens with one attached hydrogen (secondary N) is 3. The molecule has 0 aromatic rings. The Bertz CT molecular complexity index is 1520. The number of hydrogen-bond acceptors (Lipinski definition) is 8. The minimum Gasteiger partial charge on any atom is -0.478 e. The van der Waals surface area contributed by atoms with Gasteiger partial charge in [-0.1, -0.05) is 106 Å². The molecule has 3 saturated carbocycles. The highest BCUT2D eigenvalue weighted by Crippen LogP contribution is 2.61. The molecule has 2 heterocycles. The van der Waals surface area contributed by atoms with Crippen molar-refractivity contribution in [3.8, 4) is 0 Å². The van der Waals surface area contributed by atoms with E-state index in [1.165, 1.54) is 82.7 Å². The number of aliphatic imine (C=N–C) groups is 1. The predicted octanol–water partition coefficient (Wildman–Crippen LogP) is 9.37. The summed E-state index contributed by atoms with van der Waals surface area (Å²) in [6.07, 6.45) is 38.1. The second-order valence-electron chi connectivity index (χ2n) is 18.9. The molecule has 9 heteroatoms. The van der Waals surface area contributed by atoms with Gasteiger partial charge in [-0.25, -0.2) is 4.99 Å². The first-order valence-electron chi connectivity index (χ1n) is 23.6. The third-order valence-corrected chi connectivity index (χ3v) is 15.6. The van der Waals surface area contributed by atoms with Gasteiger partial charge in [0.1, 0.15) is 17.5 Å². The van der Waals surface area contributed by atoms with Crippen LogP contribution in [-0.2, 0) is 9.47 Å². The molecule has 14 atom stereocenters. The van der Waals surface area contributed by atoms with E-state index in [2.05, 4.69) is 59.3 Å². The Morgan fingerprint density at radius 2 is 1.72 bits per heavy atom. The zero-order chi connectivity index (χ0) is 39.1. The van der Waals surface area contributed by atoms with E-state index in [9.17, 15) is 10.2 Å². The monoisotopic (exact) mass is 805 g/mol. The van der Waals surface area contributed by atoms with E-state index >= 15 is 0 Å². The number of hydrogen-bond donors (Lipinski definition) is 5. The molecule has 0 bridgehead atoms. The van der Waals surface area contributed by atoms with E-state index in [-0.39, 0.29) is 42.6 Å². The number of halogens is 1. The first-order chi connectivity index (χ1) is 28.0. The van der Waals surface area contributed by atoms with Crippen LogP contribution in [0.2, 0.25) is 0 Å². The van der Waals surface area contributed by atoms with Gasteiger partial charge in [-0.3, -0.25) is 5.32 Å². The quantitative estimate of drug-likeness (QED) is 0.0602. The summed E-state index contributed by atoms with van der Waals surface area (Å²) in [6, 6.07) is 0. The van der Waals surface area contributed by atoms with Crippen LogP contribution in [0, 0.1) is 53.3 Å². The van der Waals surface area contributed by atoms with Crippen LogP contribution < -0.4 is 16.0 Å². The van der Waals surface area contributed by atoms with Gasteiger partial charge in [-0.05, 0) is 119 Å². The highest BCUT2D eigenvalue weighted by molar-refractivity contribution is 6.29. The largest absolute Gasteiger partial charge is 0.478 e. The maximum absolute atomic E-state index is 11.1. The minimum atomic E-state index is -0.377. The molecule has 0 spiro atoms. The fourth-order valence-corrected chi connectivity index (χ4v) is 12.7. The van der Waals surface area contributed by atoms with Crippen molar-refractivity contribution in [1.82, 2.24) is 16.0 Å². The fraction of sp³-hybridized carbons (Fsp3) is 0.771. The Morgan fingerprint density at radius 3 is 2.60 bits per heavy atom. The van der Waals surface area contributed by atoms with E-state index in [0.717, 1.165) is 75.7 Å². The van der Waals surface area contributed by atoms with E-state index in [1.807, 2.05) is 11.6 Å². The Kier molecular flexibility index (Phi) is 14.6. The molecule has 57 heavy (non-hydrogen) atoms. The van der Waals surface area contributed by atoms with Crippen LogP contribution in [0.25, 0.3) is 0 Å².